The Bertz CT molecular complexity index is 208. The van der Waals surface area contributed by atoms with Crippen LogP contribution in [0.25, 0.3) is 0 Å². The van der Waals surface area contributed by atoms with Gasteiger partial charge in [0, 0.05) is 7.11 Å². The third kappa shape index (κ3) is 2.45. The fourth-order valence-corrected chi connectivity index (χ4v) is 2.17. The number of rotatable bonds is 3. The lowest BCUT2D eigenvalue weighted by Gasteiger charge is -2.34. The number of hydrogen-bond donors (Lipinski definition) is 2. The Balaban J connectivity index is 2.54. The van der Waals surface area contributed by atoms with Gasteiger partial charge in [-0.25, -0.2) is 0 Å². The molecule has 0 aliphatic heterocycles. The molecule has 3 N–H and O–H groups in total. The van der Waals surface area contributed by atoms with Gasteiger partial charge >= 0.3 is 5.97 Å². The first-order valence-electron chi connectivity index (χ1n) is 5.07. The predicted molar refractivity (Wildman–Crippen MR) is 52.9 cm³/mol. The highest BCUT2D eigenvalue weighted by Crippen LogP contribution is 2.31. The second-order valence-electron chi connectivity index (χ2n) is 4.19. The molecule has 4 unspecified atom stereocenters. The van der Waals surface area contributed by atoms with E-state index in [1.54, 1.807) is 7.11 Å². The minimum absolute atomic E-state index is 0.0636. The zero-order valence-electron chi connectivity index (χ0n) is 8.77. The van der Waals surface area contributed by atoms with E-state index in [-0.39, 0.29) is 12.0 Å². The van der Waals surface area contributed by atoms with Crippen molar-refractivity contribution in [3.63, 3.8) is 0 Å². The van der Waals surface area contributed by atoms with Gasteiger partial charge in [0.05, 0.1) is 6.10 Å². The van der Waals surface area contributed by atoms with Crippen LogP contribution in [0.1, 0.15) is 26.2 Å². The molecular formula is C10H19NO3. The first-order valence-corrected chi connectivity index (χ1v) is 5.07. The number of nitrogens with two attached hydrogens (primary N) is 1. The number of hydrogen-bond acceptors (Lipinski definition) is 3. The lowest BCUT2D eigenvalue weighted by molar-refractivity contribution is -0.140. The van der Waals surface area contributed by atoms with Crippen LogP contribution in [0.3, 0.4) is 0 Å². The summed E-state index contributed by atoms with van der Waals surface area (Å²) in [7, 11) is 1.68. The lowest BCUT2D eigenvalue weighted by atomic mass is 9.77. The average Bonchev–Trinajstić information content (AvgIpc) is 2.17. The summed E-state index contributed by atoms with van der Waals surface area (Å²) < 4.78 is 5.32. The highest BCUT2D eigenvalue weighted by Gasteiger charge is 2.33. The van der Waals surface area contributed by atoms with E-state index in [9.17, 15) is 4.79 Å². The van der Waals surface area contributed by atoms with Gasteiger partial charge in [-0.15, -0.1) is 0 Å². The van der Waals surface area contributed by atoms with Crippen LogP contribution >= 0.6 is 0 Å². The first kappa shape index (κ1) is 11.5. The van der Waals surface area contributed by atoms with Gasteiger partial charge in [-0.1, -0.05) is 6.92 Å². The number of methoxy groups -OCH3 is 1. The van der Waals surface area contributed by atoms with Crippen LogP contribution in [0.4, 0.5) is 0 Å². The Morgan fingerprint density at radius 1 is 1.57 bits per heavy atom. The quantitative estimate of drug-likeness (QED) is 0.710. The number of carboxylic acids is 1. The highest BCUT2D eigenvalue weighted by atomic mass is 16.5. The summed E-state index contributed by atoms with van der Waals surface area (Å²) in [6.07, 6.45) is 2.84. The molecule has 4 nitrogen and oxygen atoms in total. The molecule has 4 atom stereocenters. The van der Waals surface area contributed by atoms with Gasteiger partial charge < -0.3 is 15.6 Å². The second-order valence-corrected chi connectivity index (χ2v) is 4.19. The van der Waals surface area contributed by atoms with Crippen molar-refractivity contribution in [3.8, 4) is 0 Å². The van der Waals surface area contributed by atoms with Gasteiger partial charge in [0.15, 0.2) is 0 Å². The molecule has 0 spiro atoms. The average molecular weight is 201 g/mol. The number of carbonyl (C=O) groups is 1. The van der Waals surface area contributed by atoms with E-state index in [4.69, 9.17) is 15.6 Å². The van der Waals surface area contributed by atoms with E-state index in [0.717, 1.165) is 19.3 Å². The molecule has 0 saturated heterocycles. The smallest absolute Gasteiger partial charge is 0.320 e. The van der Waals surface area contributed by atoms with Crippen LogP contribution < -0.4 is 5.73 Å². The number of carboxylic acid groups (broad SMARTS) is 1. The molecule has 82 valence electrons. The van der Waals surface area contributed by atoms with Crippen LogP contribution in [0, 0.1) is 11.8 Å². The van der Waals surface area contributed by atoms with E-state index in [0.29, 0.717) is 5.92 Å². The Morgan fingerprint density at radius 3 is 2.71 bits per heavy atom. The predicted octanol–water partition coefficient (Wildman–Crippen LogP) is 0.849. The molecule has 1 fully saturated rings. The van der Waals surface area contributed by atoms with Crippen LogP contribution in [0.15, 0.2) is 0 Å². The zero-order chi connectivity index (χ0) is 10.7. The molecule has 0 aromatic heterocycles. The molecule has 0 aromatic carbocycles. The van der Waals surface area contributed by atoms with Gasteiger partial charge in [0.2, 0.25) is 0 Å². The summed E-state index contributed by atoms with van der Waals surface area (Å²) in [6.45, 7) is 2.14. The van der Waals surface area contributed by atoms with Gasteiger partial charge in [0.25, 0.3) is 0 Å². The third-order valence-electron chi connectivity index (χ3n) is 3.26. The van der Waals surface area contributed by atoms with Crippen molar-refractivity contribution < 1.29 is 14.6 Å². The summed E-state index contributed by atoms with van der Waals surface area (Å²) in [5.41, 5.74) is 5.60. The molecule has 0 amide bonds. The maximum absolute atomic E-state index is 10.7. The standard InChI is InChI=1S/C10H19NO3/c1-6-3-4-7(5-8(6)14-2)9(11)10(12)13/h6-9H,3-5,11H2,1-2H3,(H,12,13). The fourth-order valence-electron chi connectivity index (χ4n) is 2.17. The van der Waals surface area contributed by atoms with Crippen molar-refractivity contribution >= 4 is 5.97 Å². The van der Waals surface area contributed by atoms with Gasteiger partial charge in [0.1, 0.15) is 6.04 Å². The minimum Gasteiger partial charge on any atom is -0.480 e. The second kappa shape index (κ2) is 4.75. The highest BCUT2D eigenvalue weighted by molar-refractivity contribution is 5.73. The fraction of sp³-hybridized carbons (Fsp3) is 0.900. The zero-order valence-corrected chi connectivity index (χ0v) is 8.77. The molecule has 1 aliphatic carbocycles. The van der Waals surface area contributed by atoms with Crippen molar-refractivity contribution in [1.29, 1.82) is 0 Å². The first-order chi connectivity index (χ1) is 6.56. The van der Waals surface area contributed by atoms with E-state index < -0.39 is 12.0 Å². The molecule has 0 heterocycles. The van der Waals surface area contributed by atoms with Gasteiger partial charge in [-0.3, -0.25) is 4.79 Å². The Labute approximate surface area is 84.4 Å². The Hall–Kier alpha value is -0.610. The third-order valence-corrected chi connectivity index (χ3v) is 3.26. The lowest BCUT2D eigenvalue weighted by Crippen LogP contribution is -2.43. The van der Waals surface area contributed by atoms with E-state index in [2.05, 4.69) is 6.92 Å². The van der Waals surface area contributed by atoms with Crippen molar-refractivity contribution in [1.82, 2.24) is 0 Å². The minimum atomic E-state index is -0.903. The Kier molecular flexibility index (Phi) is 3.89. The number of ether oxygens (including phenoxy) is 1. The van der Waals surface area contributed by atoms with Crippen molar-refractivity contribution in [3.05, 3.63) is 0 Å². The van der Waals surface area contributed by atoms with E-state index >= 15 is 0 Å². The SMILES string of the molecule is COC1CC(C(N)C(=O)O)CCC1C. The van der Waals surface area contributed by atoms with Gasteiger partial charge in [-0.05, 0) is 31.1 Å². The van der Waals surface area contributed by atoms with Gasteiger partial charge in [-0.2, -0.15) is 0 Å². The van der Waals surface area contributed by atoms with Crippen LogP contribution in [0.2, 0.25) is 0 Å². The molecule has 0 radical (unpaired) electrons. The molecular weight excluding hydrogens is 182 g/mol. The maximum Gasteiger partial charge on any atom is 0.320 e. The number of aliphatic carboxylic acids is 1. The largest absolute Gasteiger partial charge is 0.480 e. The van der Waals surface area contributed by atoms with Crippen LogP contribution in [-0.4, -0.2) is 30.3 Å². The monoisotopic (exact) mass is 201 g/mol. The summed E-state index contributed by atoms with van der Waals surface area (Å²) in [6, 6.07) is -0.736. The summed E-state index contributed by atoms with van der Waals surface area (Å²) >= 11 is 0. The van der Waals surface area contributed by atoms with E-state index in [1.807, 2.05) is 0 Å². The normalized spacial score (nSPS) is 35.2. The summed E-state index contributed by atoms with van der Waals surface area (Å²) in [5.74, 6) is -0.328. The summed E-state index contributed by atoms with van der Waals surface area (Å²) in [4.78, 5) is 10.7. The molecule has 1 saturated carbocycles. The van der Waals surface area contributed by atoms with E-state index in [1.165, 1.54) is 0 Å². The molecule has 0 bridgehead atoms. The summed E-state index contributed by atoms with van der Waals surface area (Å²) in [5, 5.41) is 8.79. The Morgan fingerprint density at radius 2 is 2.21 bits per heavy atom. The van der Waals surface area contributed by atoms with Crippen molar-refractivity contribution in [2.75, 3.05) is 7.11 Å². The van der Waals surface area contributed by atoms with Crippen molar-refractivity contribution in [2.45, 2.75) is 38.3 Å². The maximum atomic E-state index is 10.7. The molecule has 0 aromatic rings. The molecule has 1 aliphatic rings. The molecule has 14 heavy (non-hydrogen) atoms. The topological polar surface area (TPSA) is 72.5 Å². The molecule has 1 rings (SSSR count). The van der Waals surface area contributed by atoms with Crippen LogP contribution in [-0.2, 0) is 9.53 Å². The molecule has 4 heteroatoms. The van der Waals surface area contributed by atoms with Crippen LogP contribution in [0.5, 0.6) is 0 Å². The van der Waals surface area contributed by atoms with Crippen molar-refractivity contribution in [2.24, 2.45) is 17.6 Å².